The lowest BCUT2D eigenvalue weighted by Gasteiger charge is -2.20. The molecule has 1 N–H and O–H groups in total. The zero-order chi connectivity index (χ0) is 13.8. The summed E-state index contributed by atoms with van der Waals surface area (Å²) in [4.78, 5) is 0. The summed E-state index contributed by atoms with van der Waals surface area (Å²) in [5.41, 5.74) is 3.15. The minimum atomic E-state index is -0.228. The molecule has 1 atom stereocenters. The van der Waals surface area contributed by atoms with Gasteiger partial charge in [0, 0.05) is 5.02 Å². The Kier molecular flexibility index (Phi) is 4.56. The van der Waals surface area contributed by atoms with Crippen molar-refractivity contribution in [3.8, 4) is 0 Å². The van der Waals surface area contributed by atoms with E-state index in [1.54, 1.807) is 12.1 Å². The van der Waals surface area contributed by atoms with Crippen LogP contribution in [0.1, 0.15) is 29.7 Å². The first-order chi connectivity index (χ1) is 9.11. The molecule has 0 heterocycles. The molecule has 0 fully saturated rings. The van der Waals surface area contributed by atoms with E-state index >= 15 is 0 Å². The van der Waals surface area contributed by atoms with E-state index in [0.29, 0.717) is 0 Å². The molecule has 2 rings (SSSR count). The molecule has 19 heavy (non-hydrogen) atoms. The highest BCUT2D eigenvalue weighted by Crippen LogP contribution is 2.29. The van der Waals surface area contributed by atoms with E-state index < -0.39 is 0 Å². The summed E-state index contributed by atoms with van der Waals surface area (Å²) >= 11 is 6.33. The van der Waals surface area contributed by atoms with Gasteiger partial charge in [0.15, 0.2) is 0 Å². The maximum atomic E-state index is 13.0. The molecule has 0 radical (unpaired) electrons. The molecule has 3 heteroatoms. The van der Waals surface area contributed by atoms with Crippen LogP contribution in [0.15, 0.2) is 42.5 Å². The molecule has 0 aliphatic carbocycles. The van der Waals surface area contributed by atoms with E-state index in [-0.39, 0.29) is 11.9 Å². The average Bonchev–Trinajstić information content (AvgIpc) is 2.38. The Morgan fingerprint density at radius 1 is 1.16 bits per heavy atom. The van der Waals surface area contributed by atoms with Crippen molar-refractivity contribution in [2.24, 2.45) is 0 Å². The van der Waals surface area contributed by atoms with Gasteiger partial charge in [0.05, 0.1) is 6.04 Å². The highest BCUT2D eigenvalue weighted by Gasteiger charge is 2.16. The fourth-order valence-corrected chi connectivity index (χ4v) is 2.48. The summed E-state index contributed by atoms with van der Waals surface area (Å²) in [7, 11) is 0. The highest BCUT2D eigenvalue weighted by molar-refractivity contribution is 6.31. The van der Waals surface area contributed by atoms with E-state index in [0.717, 1.165) is 28.3 Å². The highest BCUT2D eigenvalue weighted by atomic mass is 35.5. The molecular weight excluding hydrogens is 261 g/mol. The van der Waals surface area contributed by atoms with Crippen LogP contribution in [-0.2, 0) is 0 Å². The second kappa shape index (κ2) is 6.18. The molecule has 0 amide bonds. The van der Waals surface area contributed by atoms with Crippen molar-refractivity contribution in [1.29, 1.82) is 0 Å². The van der Waals surface area contributed by atoms with Crippen molar-refractivity contribution in [2.45, 2.75) is 19.9 Å². The Hall–Kier alpha value is -1.38. The molecule has 0 aliphatic rings. The first-order valence-corrected chi connectivity index (χ1v) is 6.74. The van der Waals surface area contributed by atoms with Crippen LogP contribution in [-0.4, -0.2) is 6.54 Å². The lowest BCUT2D eigenvalue weighted by molar-refractivity contribution is 0.613. The van der Waals surface area contributed by atoms with Crippen molar-refractivity contribution < 1.29 is 4.39 Å². The smallest absolute Gasteiger partial charge is 0.123 e. The maximum absolute atomic E-state index is 13.0. The largest absolute Gasteiger partial charge is 0.306 e. The number of hydrogen-bond acceptors (Lipinski definition) is 1. The normalized spacial score (nSPS) is 12.4. The predicted molar refractivity (Wildman–Crippen MR) is 78.1 cm³/mol. The van der Waals surface area contributed by atoms with Gasteiger partial charge in [-0.1, -0.05) is 42.8 Å². The van der Waals surface area contributed by atoms with Gasteiger partial charge >= 0.3 is 0 Å². The van der Waals surface area contributed by atoms with Crippen LogP contribution in [0, 0.1) is 12.7 Å². The summed E-state index contributed by atoms with van der Waals surface area (Å²) < 4.78 is 13.0. The van der Waals surface area contributed by atoms with E-state index in [9.17, 15) is 4.39 Å². The first kappa shape index (κ1) is 14.0. The minimum Gasteiger partial charge on any atom is -0.306 e. The molecule has 0 aromatic heterocycles. The quantitative estimate of drug-likeness (QED) is 0.868. The SMILES string of the molecule is CCNC(c1ccc(F)cc1)c1ccc(C)cc1Cl. The number of rotatable bonds is 4. The van der Waals surface area contributed by atoms with Crippen LogP contribution >= 0.6 is 11.6 Å². The second-order valence-corrected chi connectivity index (χ2v) is 4.97. The molecular formula is C16H17ClFN. The van der Waals surface area contributed by atoms with Gasteiger partial charge in [-0.05, 0) is 48.4 Å². The van der Waals surface area contributed by atoms with Crippen molar-refractivity contribution in [2.75, 3.05) is 6.54 Å². The average molecular weight is 278 g/mol. The maximum Gasteiger partial charge on any atom is 0.123 e. The number of benzene rings is 2. The van der Waals surface area contributed by atoms with Crippen LogP contribution in [0.2, 0.25) is 5.02 Å². The zero-order valence-electron chi connectivity index (χ0n) is 11.1. The number of aryl methyl sites for hydroxylation is 1. The van der Waals surface area contributed by atoms with Crippen LogP contribution < -0.4 is 5.32 Å². The Bertz CT molecular complexity index is 551. The van der Waals surface area contributed by atoms with Crippen molar-refractivity contribution in [3.05, 3.63) is 70.0 Å². The standard InChI is InChI=1S/C16H17ClFN/c1-3-19-16(12-5-7-13(18)8-6-12)14-9-4-11(2)10-15(14)17/h4-10,16,19H,3H2,1-2H3. The third-order valence-electron chi connectivity index (χ3n) is 3.08. The van der Waals surface area contributed by atoms with Crippen molar-refractivity contribution >= 4 is 11.6 Å². The minimum absolute atomic E-state index is 0.0151. The van der Waals surface area contributed by atoms with Crippen LogP contribution in [0.4, 0.5) is 4.39 Å². The van der Waals surface area contributed by atoms with Crippen LogP contribution in [0.5, 0.6) is 0 Å². The molecule has 0 aliphatic heterocycles. The number of hydrogen-bond donors (Lipinski definition) is 1. The fourth-order valence-electron chi connectivity index (χ4n) is 2.13. The van der Waals surface area contributed by atoms with Gasteiger partial charge in [-0.3, -0.25) is 0 Å². The third-order valence-corrected chi connectivity index (χ3v) is 3.41. The van der Waals surface area contributed by atoms with E-state index in [1.807, 2.05) is 32.0 Å². The topological polar surface area (TPSA) is 12.0 Å². The molecule has 0 saturated heterocycles. The summed E-state index contributed by atoms with van der Waals surface area (Å²) in [6.45, 7) is 4.86. The molecule has 2 aromatic carbocycles. The van der Waals surface area contributed by atoms with E-state index in [2.05, 4.69) is 5.32 Å². The molecule has 0 saturated carbocycles. The van der Waals surface area contributed by atoms with E-state index in [4.69, 9.17) is 11.6 Å². The summed E-state index contributed by atoms with van der Waals surface area (Å²) in [5.74, 6) is -0.228. The Labute approximate surface area is 118 Å². The van der Waals surface area contributed by atoms with Crippen LogP contribution in [0.3, 0.4) is 0 Å². The Morgan fingerprint density at radius 3 is 2.42 bits per heavy atom. The van der Waals surface area contributed by atoms with Crippen molar-refractivity contribution in [3.63, 3.8) is 0 Å². The van der Waals surface area contributed by atoms with Gasteiger partial charge in [-0.15, -0.1) is 0 Å². The van der Waals surface area contributed by atoms with Crippen LogP contribution in [0.25, 0.3) is 0 Å². The monoisotopic (exact) mass is 277 g/mol. The van der Waals surface area contributed by atoms with Gasteiger partial charge in [0.1, 0.15) is 5.82 Å². The lowest BCUT2D eigenvalue weighted by atomic mass is 9.97. The van der Waals surface area contributed by atoms with Gasteiger partial charge in [0.25, 0.3) is 0 Å². The van der Waals surface area contributed by atoms with Gasteiger partial charge < -0.3 is 5.32 Å². The summed E-state index contributed by atoms with van der Waals surface area (Å²) in [5, 5.41) is 4.12. The van der Waals surface area contributed by atoms with Crippen molar-refractivity contribution in [1.82, 2.24) is 5.32 Å². The lowest BCUT2D eigenvalue weighted by Crippen LogP contribution is -2.22. The van der Waals surface area contributed by atoms with Gasteiger partial charge in [-0.25, -0.2) is 4.39 Å². The zero-order valence-corrected chi connectivity index (χ0v) is 11.8. The Morgan fingerprint density at radius 2 is 1.84 bits per heavy atom. The predicted octanol–water partition coefficient (Wildman–Crippen LogP) is 4.49. The van der Waals surface area contributed by atoms with Gasteiger partial charge in [0.2, 0.25) is 0 Å². The molecule has 0 spiro atoms. The fraction of sp³-hybridized carbons (Fsp3) is 0.250. The molecule has 1 unspecified atom stereocenters. The van der Waals surface area contributed by atoms with E-state index in [1.165, 1.54) is 12.1 Å². The molecule has 2 aromatic rings. The number of nitrogens with one attached hydrogen (secondary N) is 1. The Balaban J connectivity index is 2.41. The van der Waals surface area contributed by atoms with Gasteiger partial charge in [-0.2, -0.15) is 0 Å². The first-order valence-electron chi connectivity index (χ1n) is 6.36. The summed E-state index contributed by atoms with van der Waals surface area (Å²) in [6, 6.07) is 12.5. The molecule has 1 nitrogen and oxygen atoms in total. The second-order valence-electron chi connectivity index (χ2n) is 4.57. The molecule has 100 valence electrons. The number of halogens is 2. The third kappa shape index (κ3) is 3.34. The molecule has 0 bridgehead atoms. The summed E-state index contributed by atoms with van der Waals surface area (Å²) in [6.07, 6.45) is 0.